The zero-order valence-corrected chi connectivity index (χ0v) is 14.4. The van der Waals surface area contributed by atoms with Gasteiger partial charge in [0.15, 0.2) is 0 Å². The highest BCUT2D eigenvalue weighted by Gasteiger charge is 2.19. The van der Waals surface area contributed by atoms with Crippen molar-refractivity contribution in [3.63, 3.8) is 0 Å². The fourth-order valence-electron chi connectivity index (χ4n) is 2.77. The Bertz CT molecular complexity index is 439. The van der Waals surface area contributed by atoms with Crippen LogP contribution in [-0.2, 0) is 6.54 Å². The maximum atomic E-state index is 6.29. The summed E-state index contributed by atoms with van der Waals surface area (Å²) < 4.78 is 7.42. The molecule has 1 aromatic carbocycles. The molecule has 20 heavy (non-hydrogen) atoms. The van der Waals surface area contributed by atoms with E-state index < -0.39 is 0 Å². The largest absolute Gasteiger partial charge is 0.490 e. The van der Waals surface area contributed by atoms with Gasteiger partial charge in [0.2, 0.25) is 0 Å². The lowest BCUT2D eigenvalue weighted by molar-refractivity contribution is 0.206. The molecule has 0 spiro atoms. The highest BCUT2D eigenvalue weighted by atomic mass is 79.9. The van der Waals surface area contributed by atoms with Gasteiger partial charge in [0.05, 0.1) is 6.10 Å². The Balaban J connectivity index is 2.10. The number of rotatable bonds is 6. The summed E-state index contributed by atoms with van der Waals surface area (Å²) in [5.41, 5.74) is 2.50. The van der Waals surface area contributed by atoms with Gasteiger partial charge in [-0.1, -0.05) is 29.8 Å². The van der Waals surface area contributed by atoms with Crippen molar-refractivity contribution in [2.45, 2.75) is 59.1 Å². The van der Waals surface area contributed by atoms with Crippen LogP contribution in [0.2, 0.25) is 0 Å². The summed E-state index contributed by atoms with van der Waals surface area (Å²) in [6, 6.07) is 4.33. The van der Waals surface area contributed by atoms with Gasteiger partial charge in [0.1, 0.15) is 5.75 Å². The molecule has 3 heteroatoms. The molecule has 1 aliphatic rings. The minimum Gasteiger partial charge on any atom is -0.490 e. The van der Waals surface area contributed by atoms with E-state index in [4.69, 9.17) is 4.74 Å². The van der Waals surface area contributed by atoms with E-state index in [2.05, 4.69) is 54.2 Å². The van der Waals surface area contributed by atoms with Crippen LogP contribution in [0.15, 0.2) is 16.6 Å². The first kappa shape index (κ1) is 15.8. The molecule has 0 aliphatic heterocycles. The second-order valence-electron chi connectivity index (χ2n) is 6.26. The molecule has 1 N–H and O–H groups in total. The van der Waals surface area contributed by atoms with Gasteiger partial charge in [-0.3, -0.25) is 0 Å². The number of hydrogen-bond acceptors (Lipinski definition) is 2. The third-order valence-corrected chi connectivity index (χ3v) is 4.23. The third-order valence-electron chi connectivity index (χ3n) is 3.77. The van der Waals surface area contributed by atoms with E-state index in [0.717, 1.165) is 23.3 Å². The number of ether oxygens (including phenoxy) is 1. The molecule has 0 radical (unpaired) electrons. The van der Waals surface area contributed by atoms with Gasteiger partial charge in [0.25, 0.3) is 0 Å². The molecular weight excluding hydrogens is 314 g/mol. The Kier molecular flexibility index (Phi) is 5.91. The van der Waals surface area contributed by atoms with Crippen LogP contribution in [0.5, 0.6) is 5.75 Å². The van der Waals surface area contributed by atoms with Crippen LogP contribution < -0.4 is 10.1 Å². The Morgan fingerprint density at radius 3 is 2.65 bits per heavy atom. The molecule has 1 saturated carbocycles. The van der Waals surface area contributed by atoms with E-state index in [0.29, 0.717) is 12.0 Å². The molecule has 1 aliphatic carbocycles. The summed E-state index contributed by atoms with van der Waals surface area (Å²) in [7, 11) is 0. The fraction of sp³-hybridized carbons (Fsp3) is 0.647. The van der Waals surface area contributed by atoms with Gasteiger partial charge in [-0.15, -0.1) is 0 Å². The van der Waals surface area contributed by atoms with E-state index in [1.807, 2.05) is 0 Å². The van der Waals surface area contributed by atoms with Crippen molar-refractivity contribution in [1.29, 1.82) is 0 Å². The van der Waals surface area contributed by atoms with Crippen LogP contribution in [0.25, 0.3) is 0 Å². The van der Waals surface area contributed by atoms with Gasteiger partial charge < -0.3 is 10.1 Å². The Labute approximate surface area is 131 Å². The predicted octanol–water partition coefficient (Wildman–Crippen LogP) is 4.82. The van der Waals surface area contributed by atoms with Crippen LogP contribution >= 0.6 is 15.9 Å². The van der Waals surface area contributed by atoms with Crippen molar-refractivity contribution in [3.05, 3.63) is 27.7 Å². The molecule has 0 amide bonds. The molecule has 1 fully saturated rings. The van der Waals surface area contributed by atoms with Gasteiger partial charge >= 0.3 is 0 Å². The molecular formula is C17H26BrNO. The van der Waals surface area contributed by atoms with Crippen molar-refractivity contribution in [2.75, 3.05) is 6.54 Å². The number of halogens is 1. The molecule has 0 unspecified atom stereocenters. The molecule has 2 rings (SSSR count). The molecule has 112 valence electrons. The fourth-order valence-corrected chi connectivity index (χ4v) is 3.39. The lowest BCUT2D eigenvalue weighted by Crippen LogP contribution is -2.21. The number of hydrogen-bond donors (Lipinski definition) is 1. The van der Waals surface area contributed by atoms with Crippen LogP contribution in [0, 0.1) is 12.8 Å². The lowest BCUT2D eigenvalue weighted by Gasteiger charge is -2.20. The topological polar surface area (TPSA) is 21.3 Å². The van der Waals surface area contributed by atoms with Crippen LogP contribution in [-0.4, -0.2) is 12.6 Å². The summed E-state index contributed by atoms with van der Waals surface area (Å²) in [6.07, 6.45) is 5.43. The van der Waals surface area contributed by atoms with E-state index in [9.17, 15) is 0 Å². The van der Waals surface area contributed by atoms with E-state index >= 15 is 0 Å². The molecule has 0 bridgehead atoms. The van der Waals surface area contributed by atoms with Crippen molar-refractivity contribution >= 4 is 15.9 Å². The summed E-state index contributed by atoms with van der Waals surface area (Å²) in [5.74, 6) is 1.76. The van der Waals surface area contributed by atoms with Crippen molar-refractivity contribution in [1.82, 2.24) is 5.32 Å². The quantitative estimate of drug-likeness (QED) is 0.801. The predicted molar refractivity (Wildman–Crippen MR) is 88.3 cm³/mol. The maximum Gasteiger partial charge on any atom is 0.127 e. The molecule has 0 saturated heterocycles. The summed E-state index contributed by atoms with van der Waals surface area (Å²) in [5, 5.41) is 3.52. The Hall–Kier alpha value is -0.540. The smallest absolute Gasteiger partial charge is 0.127 e. The maximum absolute atomic E-state index is 6.29. The van der Waals surface area contributed by atoms with E-state index in [-0.39, 0.29) is 0 Å². The number of benzene rings is 1. The SMILES string of the molecule is Cc1cc(Br)cc(CNCC(C)C)c1OC1CCCC1. The van der Waals surface area contributed by atoms with E-state index in [1.54, 1.807) is 0 Å². The average molecular weight is 340 g/mol. The molecule has 2 nitrogen and oxygen atoms in total. The first-order valence-corrected chi connectivity index (χ1v) is 8.52. The zero-order valence-electron chi connectivity index (χ0n) is 12.8. The van der Waals surface area contributed by atoms with Crippen LogP contribution in [0.1, 0.15) is 50.7 Å². The van der Waals surface area contributed by atoms with E-state index in [1.165, 1.54) is 36.8 Å². The minimum absolute atomic E-state index is 0.415. The highest BCUT2D eigenvalue weighted by molar-refractivity contribution is 9.10. The monoisotopic (exact) mass is 339 g/mol. The second kappa shape index (κ2) is 7.46. The first-order chi connectivity index (χ1) is 9.56. The molecule has 0 atom stereocenters. The van der Waals surface area contributed by atoms with Crippen molar-refractivity contribution < 1.29 is 4.74 Å². The molecule has 0 aromatic heterocycles. The van der Waals surface area contributed by atoms with Crippen molar-refractivity contribution in [2.24, 2.45) is 5.92 Å². The zero-order chi connectivity index (χ0) is 14.5. The van der Waals surface area contributed by atoms with Crippen LogP contribution in [0.4, 0.5) is 0 Å². The summed E-state index contributed by atoms with van der Waals surface area (Å²) in [4.78, 5) is 0. The first-order valence-electron chi connectivity index (χ1n) is 7.72. The summed E-state index contributed by atoms with van der Waals surface area (Å²) in [6.45, 7) is 8.51. The summed E-state index contributed by atoms with van der Waals surface area (Å²) >= 11 is 3.60. The van der Waals surface area contributed by atoms with Gasteiger partial charge in [-0.05, 0) is 62.8 Å². The Morgan fingerprint density at radius 2 is 2.00 bits per heavy atom. The number of nitrogens with one attached hydrogen (secondary N) is 1. The normalized spacial score (nSPS) is 16.1. The molecule has 1 aromatic rings. The molecule has 0 heterocycles. The van der Waals surface area contributed by atoms with Gasteiger partial charge in [0, 0.05) is 16.6 Å². The standard InChI is InChI=1S/C17H26BrNO/c1-12(2)10-19-11-14-9-15(18)8-13(3)17(14)20-16-6-4-5-7-16/h8-9,12,16,19H,4-7,10-11H2,1-3H3. The van der Waals surface area contributed by atoms with Gasteiger partial charge in [-0.25, -0.2) is 0 Å². The Morgan fingerprint density at radius 1 is 1.30 bits per heavy atom. The number of aryl methyl sites for hydroxylation is 1. The average Bonchev–Trinajstić information content (AvgIpc) is 2.85. The second-order valence-corrected chi connectivity index (χ2v) is 7.18. The third kappa shape index (κ3) is 4.49. The van der Waals surface area contributed by atoms with Crippen molar-refractivity contribution in [3.8, 4) is 5.75 Å². The van der Waals surface area contributed by atoms with Gasteiger partial charge in [-0.2, -0.15) is 0 Å². The minimum atomic E-state index is 0.415. The highest BCUT2D eigenvalue weighted by Crippen LogP contribution is 2.32. The van der Waals surface area contributed by atoms with Crippen LogP contribution in [0.3, 0.4) is 0 Å². The lowest BCUT2D eigenvalue weighted by atomic mass is 10.1.